The lowest BCUT2D eigenvalue weighted by Gasteiger charge is -2.17. The molecule has 2 rings (SSSR count). The Morgan fingerprint density at radius 3 is 2.56 bits per heavy atom. The first-order chi connectivity index (χ1) is 8.52. The molecule has 4 heteroatoms. The van der Waals surface area contributed by atoms with E-state index in [1.165, 1.54) is 0 Å². The van der Waals surface area contributed by atoms with Gasteiger partial charge in [0.25, 0.3) is 0 Å². The van der Waals surface area contributed by atoms with Gasteiger partial charge in [-0.15, -0.1) is 11.3 Å². The second kappa shape index (κ2) is 5.43. The van der Waals surface area contributed by atoms with Crippen LogP contribution in [0.3, 0.4) is 0 Å². The minimum absolute atomic E-state index is 0.650. The van der Waals surface area contributed by atoms with Crippen molar-refractivity contribution in [2.24, 2.45) is 0 Å². The molecule has 1 N–H and O–H groups in total. The molecule has 0 bridgehead atoms. The average molecular weight is 327 g/mol. The first kappa shape index (κ1) is 13.6. The van der Waals surface area contributed by atoms with Crippen LogP contribution in [-0.2, 0) is 0 Å². The van der Waals surface area contributed by atoms with E-state index in [9.17, 15) is 5.11 Å². The van der Waals surface area contributed by atoms with Crippen molar-refractivity contribution in [3.05, 3.63) is 49.6 Å². The quantitative estimate of drug-likeness (QED) is 0.915. The molecule has 0 radical (unpaired) electrons. The molecule has 1 atom stereocenters. The third kappa shape index (κ3) is 2.60. The molecule has 0 aliphatic heterocycles. The molecule has 18 heavy (non-hydrogen) atoms. The van der Waals surface area contributed by atoms with Crippen LogP contribution in [0.15, 0.2) is 27.4 Å². The highest BCUT2D eigenvalue weighted by Gasteiger charge is 2.19. The number of ether oxygens (including phenoxy) is 1. The zero-order valence-electron chi connectivity index (χ0n) is 10.5. The van der Waals surface area contributed by atoms with E-state index in [2.05, 4.69) is 22.0 Å². The van der Waals surface area contributed by atoms with Gasteiger partial charge in [0.15, 0.2) is 0 Å². The van der Waals surface area contributed by atoms with Crippen LogP contribution in [0.1, 0.15) is 28.4 Å². The van der Waals surface area contributed by atoms with Crippen LogP contribution in [0.4, 0.5) is 0 Å². The summed E-state index contributed by atoms with van der Waals surface area (Å²) in [6, 6.07) is 5.95. The van der Waals surface area contributed by atoms with Crippen LogP contribution in [0.2, 0.25) is 0 Å². The maximum Gasteiger partial charge on any atom is 0.125 e. The monoisotopic (exact) mass is 326 g/mol. The lowest BCUT2D eigenvalue weighted by Crippen LogP contribution is -2.04. The largest absolute Gasteiger partial charge is 0.496 e. The van der Waals surface area contributed by atoms with Crippen molar-refractivity contribution < 1.29 is 9.84 Å². The fourth-order valence-corrected chi connectivity index (χ4v) is 3.29. The highest BCUT2D eigenvalue weighted by atomic mass is 79.9. The highest BCUT2D eigenvalue weighted by Crippen LogP contribution is 2.36. The van der Waals surface area contributed by atoms with E-state index in [0.29, 0.717) is 0 Å². The average Bonchev–Trinajstić information content (AvgIpc) is 2.74. The molecule has 1 aromatic heterocycles. The minimum atomic E-state index is -0.650. The van der Waals surface area contributed by atoms with E-state index in [1.807, 2.05) is 31.4 Å². The van der Waals surface area contributed by atoms with Crippen LogP contribution in [0, 0.1) is 13.8 Å². The molecule has 96 valence electrons. The Labute approximate surface area is 119 Å². The van der Waals surface area contributed by atoms with Crippen molar-refractivity contribution in [2.75, 3.05) is 7.11 Å². The third-order valence-electron chi connectivity index (χ3n) is 2.89. The van der Waals surface area contributed by atoms with Gasteiger partial charge in [0.05, 0.1) is 10.9 Å². The van der Waals surface area contributed by atoms with Gasteiger partial charge in [0.1, 0.15) is 11.9 Å². The zero-order valence-corrected chi connectivity index (χ0v) is 12.9. The number of hydrogen-bond donors (Lipinski definition) is 1. The molecule has 0 fully saturated rings. The standard InChI is InChI=1S/C14H15BrO2S/c1-8-4-9(2)13(11(5-8)17-3)14(16)10-6-12(15)18-7-10/h4-7,14,16H,1-3H3. The first-order valence-electron chi connectivity index (χ1n) is 5.60. The third-order valence-corrected chi connectivity index (χ3v) is 4.41. The van der Waals surface area contributed by atoms with Crippen molar-refractivity contribution in [2.45, 2.75) is 20.0 Å². The highest BCUT2D eigenvalue weighted by molar-refractivity contribution is 9.11. The molecule has 0 spiro atoms. The number of hydrogen-bond acceptors (Lipinski definition) is 3. The molecular weight excluding hydrogens is 312 g/mol. The zero-order chi connectivity index (χ0) is 13.3. The molecule has 1 unspecified atom stereocenters. The molecule has 1 heterocycles. The molecule has 0 saturated heterocycles. The first-order valence-corrected chi connectivity index (χ1v) is 7.27. The van der Waals surface area contributed by atoms with Crippen molar-refractivity contribution in [1.82, 2.24) is 0 Å². The topological polar surface area (TPSA) is 29.5 Å². The van der Waals surface area contributed by atoms with Crippen LogP contribution in [0.25, 0.3) is 0 Å². The summed E-state index contributed by atoms with van der Waals surface area (Å²) in [6.07, 6.45) is -0.650. The smallest absolute Gasteiger partial charge is 0.125 e. The van der Waals surface area contributed by atoms with Gasteiger partial charge in [-0.25, -0.2) is 0 Å². The summed E-state index contributed by atoms with van der Waals surface area (Å²) in [5.41, 5.74) is 3.90. The van der Waals surface area contributed by atoms with Crippen molar-refractivity contribution in [3.63, 3.8) is 0 Å². The van der Waals surface area contributed by atoms with Crippen LogP contribution < -0.4 is 4.74 Å². The summed E-state index contributed by atoms with van der Waals surface area (Å²) >= 11 is 4.98. The Bertz CT molecular complexity index is 563. The Kier molecular flexibility index (Phi) is 4.10. The van der Waals surface area contributed by atoms with Gasteiger partial charge in [-0.3, -0.25) is 0 Å². The van der Waals surface area contributed by atoms with Gasteiger partial charge >= 0.3 is 0 Å². The number of thiophene rings is 1. The number of methoxy groups -OCH3 is 1. The number of aryl methyl sites for hydroxylation is 2. The summed E-state index contributed by atoms with van der Waals surface area (Å²) in [7, 11) is 1.63. The second-order valence-corrected chi connectivity index (χ2v) is 6.57. The molecule has 2 aromatic rings. The number of rotatable bonds is 3. The lowest BCUT2D eigenvalue weighted by atomic mass is 9.96. The molecule has 0 saturated carbocycles. The predicted molar refractivity (Wildman–Crippen MR) is 78.5 cm³/mol. The van der Waals surface area contributed by atoms with E-state index >= 15 is 0 Å². The predicted octanol–water partition coefficient (Wildman–Crippen LogP) is 4.22. The summed E-state index contributed by atoms with van der Waals surface area (Å²) in [4.78, 5) is 0. The van der Waals surface area contributed by atoms with Crippen molar-refractivity contribution >= 4 is 27.3 Å². The molecule has 0 aliphatic rings. The van der Waals surface area contributed by atoms with Gasteiger partial charge in [0.2, 0.25) is 0 Å². The number of aliphatic hydroxyl groups is 1. The lowest BCUT2D eigenvalue weighted by molar-refractivity contribution is 0.214. The Balaban J connectivity index is 2.50. The Morgan fingerprint density at radius 1 is 1.28 bits per heavy atom. The normalized spacial score (nSPS) is 12.5. The fourth-order valence-electron chi connectivity index (χ4n) is 2.09. The maximum absolute atomic E-state index is 10.5. The van der Waals surface area contributed by atoms with Gasteiger partial charge in [0, 0.05) is 5.56 Å². The number of aliphatic hydroxyl groups excluding tert-OH is 1. The second-order valence-electron chi connectivity index (χ2n) is 4.28. The van der Waals surface area contributed by atoms with E-state index < -0.39 is 6.10 Å². The van der Waals surface area contributed by atoms with Crippen molar-refractivity contribution in [1.29, 1.82) is 0 Å². The SMILES string of the molecule is COc1cc(C)cc(C)c1C(O)c1csc(Br)c1. The molecular formula is C14H15BrO2S. The summed E-state index contributed by atoms with van der Waals surface area (Å²) in [6.45, 7) is 4.02. The van der Waals surface area contributed by atoms with E-state index in [0.717, 1.165) is 31.8 Å². The maximum atomic E-state index is 10.5. The molecule has 0 amide bonds. The number of halogens is 1. The summed E-state index contributed by atoms with van der Waals surface area (Å²) in [5.74, 6) is 0.738. The van der Waals surface area contributed by atoms with Crippen LogP contribution in [0.5, 0.6) is 5.75 Å². The Hall–Kier alpha value is -0.840. The van der Waals surface area contributed by atoms with E-state index in [-0.39, 0.29) is 0 Å². The fraction of sp³-hybridized carbons (Fsp3) is 0.286. The number of benzene rings is 1. The molecule has 1 aromatic carbocycles. The minimum Gasteiger partial charge on any atom is -0.496 e. The van der Waals surface area contributed by atoms with Crippen LogP contribution >= 0.6 is 27.3 Å². The molecule has 2 nitrogen and oxygen atoms in total. The van der Waals surface area contributed by atoms with E-state index in [4.69, 9.17) is 4.74 Å². The van der Waals surface area contributed by atoms with Gasteiger partial charge < -0.3 is 9.84 Å². The van der Waals surface area contributed by atoms with Gasteiger partial charge in [-0.2, -0.15) is 0 Å². The van der Waals surface area contributed by atoms with Crippen LogP contribution in [-0.4, -0.2) is 12.2 Å². The van der Waals surface area contributed by atoms with E-state index in [1.54, 1.807) is 18.4 Å². The van der Waals surface area contributed by atoms with Gasteiger partial charge in [-0.1, -0.05) is 6.07 Å². The Morgan fingerprint density at radius 2 is 2.00 bits per heavy atom. The summed E-state index contributed by atoms with van der Waals surface area (Å²) < 4.78 is 6.40. The summed E-state index contributed by atoms with van der Waals surface area (Å²) in [5, 5.41) is 12.4. The van der Waals surface area contributed by atoms with Gasteiger partial charge in [-0.05, 0) is 64.0 Å². The molecule has 0 aliphatic carbocycles. The van der Waals surface area contributed by atoms with Crippen molar-refractivity contribution in [3.8, 4) is 5.75 Å².